The van der Waals surface area contributed by atoms with Gasteiger partial charge in [-0.15, -0.1) is 0 Å². The summed E-state index contributed by atoms with van der Waals surface area (Å²) in [5.41, 5.74) is 21.7. The summed E-state index contributed by atoms with van der Waals surface area (Å²) in [5.74, 6) is -4.83. The van der Waals surface area contributed by atoms with Crippen LogP contribution in [0.2, 0.25) is 0 Å². The zero-order valence-electron chi connectivity index (χ0n) is 30.9. The lowest BCUT2D eigenvalue weighted by Gasteiger charge is -2.29. The Kier molecular flexibility index (Phi) is 23.8. The number of hydrogen-bond acceptors (Lipinski definition) is 10. The fourth-order valence-electron chi connectivity index (χ4n) is 5.02. The van der Waals surface area contributed by atoms with Gasteiger partial charge in [-0.2, -0.15) is 0 Å². The molecule has 0 saturated carbocycles. The van der Waals surface area contributed by atoms with Gasteiger partial charge in [-0.1, -0.05) is 59.8 Å². The molecule has 0 bridgehead atoms. The van der Waals surface area contributed by atoms with E-state index in [9.17, 15) is 39.0 Å². The van der Waals surface area contributed by atoms with Crippen molar-refractivity contribution >= 4 is 41.5 Å². The number of carboxylic acids is 1. The first-order valence-electron chi connectivity index (χ1n) is 17.9. The number of aliphatic imine (C=N–C) groups is 1. The van der Waals surface area contributed by atoms with Gasteiger partial charge in [0.05, 0.1) is 12.1 Å². The third-order valence-electron chi connectivity index (χ3n) is 8.51. The average Bonchev–Trinajstić information content (AvgIpc) is 3.07. The Bertz CT molecular complexity index is 1130. The SMILES string of the molecule is CCCC[C@@H](CN[C@@H](CCCC)C(=O)N[C@@H](CCC(N)=O)C(=O)N[C@@H](CCCN=C(N)N)C(=O)O)NC(=O)[C@@H](NC(=O)[C@@H](N)[C@@H](C)O)[C@@H](C)CC. The minimum absolute atomic E-state index is 0.00875. The van der Waals surface area contributed by atoms with Crippen LogP contribution >= 0.6 is 0 Å². The largest absolute Gasteiger partial charge is 0.480 e. The quantitative estimate of drug-likeness (QED) is 0.0247. The second-order valence-corrected chi connectivity index (χ2v) is 13.0. The van der Waals surface area contributed by atoms with Crippen LogP contribution in [0.15, 0.2) is 4.99 Å². The van der Waals surface area contributed by atoms with Gasteiger partial charge < -0.3 is 59.7 Å². The molecule has 0 aromatic carbocycles. The number of carboxylic acid groups (broad SMARTS) is 1. The van der Waals surface area contributed by atoms with E-state index in [0.717, 1.165) is 19.3 Å². The topological polar surface area (TPSA) is 319 Å². The molecule has 0 radical (unpaired) electrons. The molecule has 8 atom stereocenters. The molecule has 0 spiro atoms. The molecule has 0 aliphatic rings. The normalized spacial score (nSPS) is 15.8. The number of nitrogens with one attached hydrogen (secondary N) is 5. The molecule has 0 fully saturated rings. The van der Waals surface area contributed by atoms with E-state index in [1.165, 1.54) is 6.92 Å². The standard InChI is InChI=1S/C33H64N10O8/c1-6-9-12-21(40-31(49)27(19(4)8-3)43-30(48)26(35)20(5)44)18-39-22(13-10-7-2)28(46)41-23(15-16-25(34)45)29(47)42-24(32(50)51)14-11-17-38-33(36)37/h19-24,26-27,39,44H,6-18,35H2,1-5H3,(H2,34,45)(H,40,49)(H,41,46)(H,42,47)(H,43,48)(H,50,51)(H4,36,37,38)/t19-,20+,21-,22-,23-,24-,26-,27-/m0/s1. The Hall–Kier alpha value is -4.03. The molecule has 0 aliphatic carbocycles. The van der Waals surface area contributed by atoms with E-state index in [1.807, 2.05) is 27.7 Å². The van der Waals surface area contributed by atoms with Crippen LogP contribution in [-0.4, -0.2) is 107 Å². The first kappa shape index (κ1) is 47.0. The summed E-state index contributed by atoms with van der Waals surface area (Å²) in [6.07, 6.45) is 3.29. The first-order valence-corrected chi connectivity index (χ1v) is 17.9. The molecule has 0 unspecified atom stereocenters. The number of aliphatic carboxylic acids is 1. The van der Waals surface area contributed by atoms with Crippen molar-refractivity contribution in [3.63, 3.8) is 0 Å². The second kappa shape index (κ2) is 25.8. The Morgan fingerprint density at radius 3 is 1.80 bits per heavy atom. The average molecular weight is 729 g/mol. The molecular weight excluding hydrogens is 664 g/mol. The van der Waals surface area contributed by atoms with E-state index < -0.39 is 77.9 Å². The van der Waals surface area contributed by atoms with Crippen molar-refractivity contribution in [1.82, 2.24) is 26.6 Å². The van der Waals surface area contributed by atoms with Gasteiger partial charge in [0.1, 0.15) is 24.2 Å². The number of nitrogens with two attached hydrogens (primary N) is 4. The van der Waals surface area contributed by atoms with Gasteiger partial charge in [0.25, 0.3) is 0 Å². The molecule has 0 saturated heterocycles. The molecule has 18 nitrogen and oxygen atoms in total. The van der Waals surface area contributed by atoms with E-state index in [0.29, 0.717) is 25.7 Å². The summed E-state index contributed by atoms with van der Waals surface area (Å²) in [6.45, 7) is 9.37. The Balaban J connectivity index is 5.97. The van der Waals surface area contributed by atoms with Crippen molar-refractivity contribution in [3.05, 3.63) is 0 Å². The van der Waals surface area contributed by atoms with Gasteiger partial charge in [-0.05, 0) is 44.9 Å². The Labute approximate surface area is 301 Å². The molecule has 0 heterocycles. The van der Waals surface area contributed by atoms with Crippen LogP contribution in [0.25, 0.3) is 0 Å². The van der Waals surface area contributed by atoms with Crippen LogP contribution in [0, 0.1) is 5.92 Å². The van der Waals surface area contributed by atoms with E-state index in [1.54, 1.807) is 0 Å². The van der Waals surface area contributed by atoms with Gasteiger partial charge in [-0.3, -0.25) is 29.0 Å². The van der Waals surface area contributed by atoms with Crippen molar-refractivity contribution in [2.24, 2.45) is 33.8 Å². The lowest BCUT2D eigenvalue weighted by Crippen LogP contribution is -2.59. The van der Waals surface area contributed by atoms with Gasteiger partial charge in [0.2, 0.25) is 29.5 Å². The van der Waals surface area contributed by atoms with Gasteiger partial charge in [-0.25, -0.2) is 4.79 Å². The van der Waals surface area contributed by atoms with Crippen molar-refractivity contribution < 1.29 is 39.0 Å². The molecular formula is C33H64N10O8. The first-order chi connectivity index (χ1) is 24.0. The maximum absolute atomic E-state index is 13.6. The number of rotatable bonds is 28. The highest BCUT2D eigenvalue weighted by Crippen LogP contribution is 2.11. The zero-order valence-corrected chi connectivity index (χ0v) is 30.9. The number of nitrogens with zero attached hydrogens (tertiary/aromatic N) is 1. The number of carbonyl (C=O) groups excluding carboxylic acids is 5. The predicted molar refractivity (Wildman–Crippen MR) is 194 cm³/mol. The maximum Gasteiger partial charge on any atom is 0.326 e. The monoisotopic (exact) mass is 728 g/mol. The number of primary amides is 1. The van der Waals surface area contributed by atoms with Gasteiger partial charge in [0, 0.05) is 25.6 Å². The van der Waals surface area contributed by atoms with Crippen LogP contribution in [0.3, 0.4) is 0 Å². The molecule has 18 heteroatoms. The lowest BCUT2D eigenvalue weighted by atomic mass is 9.96. The van der Waals surface area contributed by atoms with E-state index in [4.69, 9.17) is 22.9 Å². The van der Waals surface area contributed by atoms with Crippen LogP contribution in [0.5, 0.6) is 0 Å². The van der Waals surface area contributed by atoms with Crippen LogP contribution in [0.4, 0.5) is 0 Å². The molecule has 0 aromatic rings. The zero-order chi connectivity index (χ0) is 39.1. The molecule has 0 aromatic heterocycles. The van der Waals surface area contributed by atoms with E-state index in [-0.39, 0.29) is 50.7 Å². The molecule has 0 aliphatic heterocycles. The van der Waals surface area contributed by atoms with E-state index >= 15 is 0 Å². The van der Waals surface area contributed by atoms with Gasteiger partial charge in [0.15, 0.2) is 5.96 Å². The summed E-state index contributed by atoms with van der Waals surface area (Å²) in [6, 6.07) is -5.94. The fraction of sp³-hybridized carbons (Fsp3) is 0.788. The Morgan fingerprint density at radius 2 is 1.27 bits per heavy atom. The summed E-state index contributed by atoms with van der Waals surface area (Å²) >= 11 is 0. The number of carbonyl (C=O) groups is 6. The number of hydrogen-bond donors (Lipinski definition) is 11. The van der Waals surface area contributed by atoms with Crippen LogP contribution < -0.4 is 49.5 Å². The van der Waals surface area contributed by atoms with Crippen LogP contribution in [-0.2, 0) is 28.8 Å². The summed E-state index contributed by atoms with van der Waals surface area (Å²) in [5, 5.41) is 33.4. The van der Waals surface area contributed by atoms with Crippen molar-refractivity contribution in [2.75, 3.05) is 13.1 Å². The van der Waals surface area contributed by atoms with Crippen molar-refractivity contribution in [2.45, 2.75) is 148 Å². The molecule has 5 amide bonds. The third kappa shape index (κ3) is 19.8. The van der Waals surface area contributed by atoms with Crippen LogP contribution in [0.1, 0.15) is 105 Å². The lowest BCUT2D eigenvalue weighted by molar-refractivity contribution is -0.142. The summed E-state index contributed by atoms with van der Waals surface area (Å²) in [4.78, 5) is 80.3. The molecule has 294 valence electrons. The summed E-state index contributed by atoms with van der Waals surface area (Å²) in [7, 11) is 0. The fourth-order valence-corrected chi connectivity index (χ4v) is 5.02. The Morgan fingerprint density at radius 1 is 0.706 bits per heavy atom. The number of unbranched alkanes of at least 4 members (excludes halogenated alkanes) is 2. The second-order valence-electron chi connectivity index (χ2n) is 13.0. The van der Waals surface area contributed by atoms with E-state index in [2.05, 4.69) is 31.6 Å². The highest BCUT2D eigenvalue weighted by molar-refractivity contribution is 5.92. The minimum Gasteiger partial charge on any atom is -0.480 e. The highest BCUT2D eigenvalue weighted by atomic mass is 16.4. The van der Waals surface area contributed by atoms with Gasteiger partial charge >= 0.3 is 5.97 Å². The van der Waals surface area contributed by atoms with Crippen molar-refractivity contribution in [3.8, 4) is 0 Å². The number of guanidine groups is 1. The molecule has 51 heavy (non-hydrogen) atoms. The molecule has 15 N–H and O–H groups in total. The number of amides is 5. The highest BCUT2D eigenvalue weighted by Gasteiger charge is 2.32. The third-order valence-corrected chi connectivity index (χ3v) is 8.51. The number of aliphatic hydroxyl groups is 1. The minimum atomic E-state index is -1.30. The molecule has 0 rings (SSSR count). The smallest absolute Gasteiger partial charge is 0.326 e. The number of aliphatic hydroxyl groups excluding tert-OH is 1. The van der Waals surface area contributed by atoms with Crippen molar-refractivity contribution in [1.29, 1.82) is 0 Å². The maximum atomic E-state index is 13.6. The summed E-state index contributed by atoms with van der Waals surface area (Å²) < 4.78 is 0. The predicted octanol–water partition coefficient (Wildman–Crippen LogP) is -1.58.